The molecule has 1 aliphatic heterocycles. The van der Waals surface area contributed by atoms with E-state index in [0.29, 0.717) is 12.4 Å². The first-order valence-corrected chi connectivity index (χ1v) is 13.0. The second-order valence-electron chi connectivity index (χ2n) is 7.66. The summed E-state index contributed by atoms with van der Waals surface area (Å²) in [5, 5.41) is 0.206. The van der Waals surface area contributed by atoms with E-state index in [4.69, 9.17) is 27.9 Å². The number of hydrogen-bond acceptors (Lipinski definition) is 4. The fourth-order valence-electron chi connectivity index (χ4n) is 3.39. The molecule has 1 atom stereocenters. The summed E-state index contributed by atoms with van der Waals surface area (Å²) in [6.07, 6.45) is 2.05. The molecule has 0 saturated carbocycles. The Morgan fingerprint density at radius 2 is 1.67 bits per heavy atom. The minimum absolute atomic E-state index is 0.0672. The fraction of sp³-hybridized carbons (Fsp3) is 0.440. The van der Waals surface area contributed by atoms with Gasteiger partial charge >= 0.3 is 0 Å². The molecule has 0 bridgehead atoms. The summed E-state index contributed by atoms with van der Waals surface area (Å²) in [5.74, 6) is 1.14. The first-order chi connectivity index (χ1) is 15.9. The molecule has 0 saturated heterocycles. The highest BCUT2D eigenvalue weighted by molar-refractivity contribution is 8.12. The second-order valence-corrected chi connectivity index (χ2v) is 9.69. The maximum atomic E-state index is 12.0. The van der Waals surface area contributed by atoms with Crippen LogP contribution in [0.4, 0.5) is 10.5 Å². The van der Waals surface area contributed by atoms with Crippen molar-refractivity contribution in [3.63, 3.8) is 0 Å². The molecular weight excluding hydrogens is 479 g/mol. The van der Waals surface area contributed by atoms with Crippen LogP contribution in [0, 0.1) is 0 Å². The lowest BCUT2D eigenvalue weighted by atomic mass is 10.1. The van der Waals surface area contributed by atoms with Crippen molar-refractivity contribution >= 4 is 51.8 Å². The van der Waals surface area contributed by atoms with Gasteiger partial charge in [-0.05, 0) is 37.5 Å². The van der Waals surface area contributed by atoms with Crippen LogP contribution in [0.1, 0.15) is 39.2 Å². The summed E-state index contributed by atoms with van der Waals surface area (Å²) in [4.78, 5) is 26.4. The Hall–Kier alpha value is -1.89. The first-order valence-electron chi connectivity index (χ1n) is 11.2. The lowest BCUT2D eigenvalue weighted by Crippen LogP contribution is -2.47. The number of para-hydroxylation sites is 2. The Kier molecular flexibility index (Phi) is 11.9. The third-order valence-electron chi connectivity index (χ3n) is 4.92. The number of carbonyl (C=O) groups is 2. The van der Waals surface area contributed by atoms with Gasteiger partial charge < -0.3 is 14.5 Å². The third kappa shape index (κ3) is 8.43. The number of carbonyl (C=O) groups excluding carboxylic acids is 2. The predicted octanol–water partition coefficient (Wildman–Crippen LogP) is 6.77. The van der Waals surface area contributed by atoms with Crippen LogP contribution in [0.25, 0.3) is 0 Å². The van der Waals surface area contributed by atoms with Crippen LogP contribution in [-0.4, -0.2) is 46.6 Å². The topological polar surface area (TPSA) is 49.9 Å². The highest BCUT2D eigenvalue weighted by Crippen LogP contribution is 2.34. The number of rotatable bonds is 7. The molecule has 5 nitrogen and oxygen atoms in total. The average Bonchev–Trinajstić information content (AvgIpc) is 2.83. The van der Waals surface area contributed by atoms with Crippen LogP contribution in [0.15, 0.2) is 54.6 Å². The molecule has 0 N–H and O–H groups in total. The molecule has 33 heavy (non-hydrogen) atoms. The maximum Gasteiger partial charge on any atom is 0.281 e. The van der Waals surface area contributed by atoms with Gasteiger partial charge in [-0.15, -0.1) is 0 Å². The van der Waals surface area contributed by atoms with Gasteiger partial charge in [-0.25, -0.2) is 0 Å². The Labute approximate surface area is 211 Å². The van der Waals surface area contributed by atoms with Crippen molar-refractivity contribution in [2.45, 2.75) is 50.2 Å². The third-order valence-corrected chi connectivity index (χ3v) is 6.28. The maximum absolute atomic E-state index is 12.0. The van der Waals surface area contributed by atoms with E-state index in [-0.39, 0.29) is 17.2 Å². The Bertz CT molecular complexity index is 877. The van der Waals surface area contributed by atoms with Gasteiger partial charge in [-0.1, -0.05) is 91.3 Å². The Morgan fingerprint density at radius 1 is 1.06 bits per heavy atom. The number of amides is 2. The van der Waals surface area contributed by atoms with Crippen molar-refractivity contribution in [3.8, 4) is 5.75 Å². The zero-order valence-corrected chi connectivity index (χ0v) is 21.7. The monoisotopic (exact) mass is 510 g/mol. The van der Waals surface area contributed by atoms with Crippen LogP contribution in [0.5, 0.6) is 5.75 Å². The van der Waals surface area contributed by atoms with Gasteiger partial charge in [0.2, 0.25) is 0 Å². The lowest BCUT2D eigenvalue weighted by molar-refractivity contribution is -0.117. The van der Waals surface area contributed by atoms with Crippen LogP contribution >= 0.6 is 35.0 Å². The smallest absolute Gasteiger partial charge is 0.281 e. The largest absolute Gasteiger partial charge is 0.489 e. The second kappa shape index (κ2) is 14.4. The number of anilines is 1. The van der Waals surface area contributed by atoms with Gasteiger partial charge in [0, 0.05) is 18.8 Å². The van der Waals surface area contributed by atoms with Crippen molar-refractivity contribution in [1.82, 2.24) is 4.90 Å². The summed E-state index contributed by atoms with van der Waals surface area (Å²) < 4.78 is 5.52. The minimum Gasteiger partial charge on any atom is -0.489 e. The van der Waals surface area contributed by atoms with Crippen LogP contribution in [-0.2, 0) is 10.5 Å². The summed E-state index contributed by atoms with van der Waals surface area (Å²) in [6, 6.07) is 17.4. The highest BCUT2D eigenvalue weighted by atomic mass is 35.5. The number of fused-ring (bicyclic) bond motifs is 1. The Morgan fingerprint density at radius 3 is 2.27 bits per heavy atom. The van der Waals surface area contributed by atoms with E-state index < -0.39 is 4.84 Å². The molecule has 2 amide bonds. The molecule has 1 unspecified atom stereocenters. The standard InChI is InChI=1S/C14H21NOS.C11H11Cl2NO2/c1-3-10-15(11-4-2)14(16)17-12-13-8-6-5-7-9-13;1-7-6-16-9-5-3-2-4-8(9)14(7)11(15)10(12)13/h5-9H,3-4,10-12H2,1-2H3;2-5,7,10H,6H2,1H3. The van der Waals surface area contributed by atoms with Gasteiger partial charge in [-0.3, -0.25) is 9.59 Å². The molecule has 2 aromatic carbocycles. The van der Waals surface area contributed by atoms with Crippen molar-refractivity contribution in [2.24, 2.45) is 0 Å². The summed E-state index contributed by atoms with van der Waals surface area (Å²) >= 11 is 12.7. The van der Waals surface area contributed by atoms with Crippen molar-refractivity contribution in [2.75, 3.05) is 24.6 Å². The predicted molar refractivity (Wildman–Crippen MR) is 140 cm³/mol. The molecule has 2 aromatic rings. The molecule has 3 rings (SSSR count). The number of benzene rings is 2. The molecule has 0 aromatic heterocycles. The zero-order chi connectivity index (χ0) is 24.2. The highest BCUT2D eigenvalue weighted by Gasteiger charge is 2.31. The zero-order valence-electron chi connectivity index (χ0n) is 19.4. The number of hydrogen-bond donors (Lipinski definition) is 0. The van der Waals surface area contributed by atoms with Gasteiger partial charge in [0.25, 0.3) is 11.1 Å². The molecule has 1 heterocycles. The van der Waals surface area contributed by atoms with E-state index >= 15 is 0 Å². The number of ether oxygens (including phenoxy) is 1. The molecule has 0 spiro atoms. The van der Waals surface area contributed by atoms with Crippen LogP contribution in [0.3, 0.4) is 0 Å². The fourth-order valence-corrected chi connectivity index (χ4v) is 4.44. The van der Waals surface area contributed by atoms with E-state index in [1.54, 1.807) is 4.90 Å². The van der Waals surface area contributed by atoms with Crippen molar-refractivity contribution in [1.29, 1.82) is 0 Å². The van der Waals surface area contributed by atoms with E-state index in [0.717, 1.165) is 37.4 Å². The van der Waals surface area contributed by atoms with Gasteiger partial charge in [0.05, 0.1) is 11.7 Å². The summed E-state index contributed by atoms with van der Waals surface area (Å²) in [7, 11) is 0. The number of alkyl halides is 2. The summed E-state index contributed by atoms with van der Waals surface area (Å²) in [5.41, 5.74) is 1.93. The van der Waals surface area contributed by atoms with Crippen LogP contribution < -0.4 is 9.64 Å². The molecule has 0 fully saturated rings. The molecule has 0 radical (unpaired) electrons. The molecule has 180 valence electrons. The van der Waals surface area contributed by atoms with E-state index in [1.807, 2.05) is 54.3 Å². The molecule has 1 aliphatic rings. The normalized spacial score (nSPS) is 14.6. The summed E-state index contributed by atoms with van der Waals surface area (Å²) in [6.45, 7) is 8.30. The van der Waals surface area contributed by atoms with Crippen molar-refractivity contribution in [3.05, 3.63) is 60.2 Å². The SMILES string of the molecule is CC1COc2ccccc2N1C(=O)C(Cl)Cl.CCCN(CCC)C(=O)SCc1ccccc1. The first kappa shape index (κ1) is 27.4. The molecular formula is C25H32Cl2N2O3S. The van der Waals surface area contributed by atoms with E-state index in [2.05, 4.69) is 26.0 Å². The quantitative estimate of drug-likeness (QED) is 0.385. The number of nitrogens with zero attached hydrogens (tertiary/aromatic N) is 2. The van der Waals surface area contributed by atoms with Crippen LogP contribution in [0.2, 0.25) is 0 Å². The number of thioether (sulfide) groups is 1. The number of halogens is 2. The van der Waals surface area contributed by atoms with Crippen molar-refractivity contribution < 1.29 is 14.3 Å². The average molecular weight is 512 g/mol. The minimum atomic E-state index is -1.05. The molecule has 0 aliphatic carbocycles. The van der Waals surface area contributed by atoms with E-state index in [1.165, 1.54) is 17.3 Å². The van der Waals surface area contributed by atoms with Gasteiger partial charge in [0.1, 0.15) is 12.4 Å². The molecule has 8 heteroatoms. The van der Waals surface area contributed by atoms with E-state index in [9.17, 15) is 9.59 Å². The van der Waals surface area contributed by atoms with Gasteiger partial charge in [-0.2, -0.15) is 0 Å². The van der Waals surface area contributed by atoms with Gasteiger partial charge in [0.15, 0.2) is 4.84 Å². The Balaban J connectivity index is 0.000000234. The lowest BCUT2D eigenvalue weighted by Gasteiger charge is -2.35.